The third-order valence-electron chi connectivity index (χ3n) is 6.50. The van der Waals surface area contributed by atoms with E-state index in [0.29, 0.717) is 19.4 Å². The van der Waals surface area contributed by atoms with Gasteiger partial charge in [-0.1, -0.05) is 20.8 Å². The van der Waals surface area contributed by atoms with E-state index < -0.39 is 15.6 Å². The Kier molecular flexibility index (Phi) is 8.45. The van der Waals surface area contributed by atoms with Crippen LogP contribution < -0.4 is 14.8 Å². The van der Waals surface area contributed by atoms with Crippen molar-refractivity contribution in [3.05, 3.63) is 23.8 Å². The van der Waals surface area contributed by atoms with Gasteiger partial charge in [-0.25, -0.2) is 0 Å². The number of anilines is 1. The molecule has 1 aromatic carbocycles. The summed E-state index contributed by atoms with van der Waals surface area (Å²) < 4.78 is 64.5. The maximum atomic E-state index is 12.6. The average molecular weight is 476 g/mol. The molecular formula is C22H32F3N3O3S. The van der Waals surface area contributed by atoms with E-state index in [0.717, 1.165) is 43.5 Å². The van der Waals surface area contributed by atoms with Crippen LogP contribution in [0.3, 0.4) is 0 Å². The predicted molar refractivity (Wildman–Crippen MR) is 118 cm³/mol. The monoisotopic (exact) mass is 475 g/mol. The summed E-state index contributed by atoms with van der Waals surface area (Å²) in [5.74, 6) is -0.0946. The molecule has 3 atom stereocenters. The number of piperidine rings is 1. The summed E-state index contributed by atoms with van der Waals surface area (Å²) in [5, 5.41) is 9.20. The standard InChI is InChI=1S/C20H26F3N3O3S.C2H6/c1-19(15(6-9-24)7-10-25)8-11-26-16(13-19)3-2-14-12-17(4-5-18(14)26)29-30(27,28)20(21,22)23;1-2/h4-5,12,15-16H,2-3,6-9,11,13,24H2,1H3;1-2H3. The fraction of sp³-hybridized carbons (Fsp3) is 0.682. The SMILES string of the molecule is CC.CC1(C(CC#N)CCN)CCN2c3ccc(OS(=O)(=O)C(F)(F)F)cc3CCC2C1. The van der Waals surface area contributed by atoms with Crippen molar-refractivity contribution in [2.45, 2.75) is 70.8 Å². The predicted octanol–water partition coefficient (Wildman–Crippen LogP) is 4.74. The van der Waals surface area contributed by atoms with E-state index in [2.05, 4.69) is 22.1 Å². The number of halogens is 3. The number of aryl methyl sites for hydroxylation is 1. The number of hydrogen-bond donors (Lipinski definition) is 1. The molecule has 32 heavy (non-hydrogen) atoms. The molecule has 0 aliphatic carbocycles. The molecule has 2 N–H and O–H groups in total. The molecule has 1 fully saturated rings. The first kappa shape index (κ1) is 26.3. The quantitative estimate of drug-likeness (QED) is 0.472. The molecule has 2 aliphatic heterocycles. The zero-order valence-corrected chi connectivity index (χ0v) is 19.6. The number of nitriles is 1. The molecule has 0 radical (unpaired) electrons. The van der Waals surface area contributed by atoms with Crippen LogP contribution in [-0.2, 0) is 16.5 Å². The van der Waals surface area contributed by atoms with E-state index in [4.69, 9.17) is 5.73 Å². The van der Waals surface area contributed by atoms with Crippen LogP contribution in [0.5, 0.6) is 5.75 Å². The van der Waals surface area contributed by atoms with E-state index in [1.165, 1.54) is 12.1 Å². The van der Waals surface area contributed by atoms with E-state index in [-0.39, 0.29) is 23.1 Å². The van der Waals surface area contributed by atoms with Crippen molar-refractivity contribution in [3.8, 4) is 11.8 Å². The second-order valence-corrected chi connectivity index (χ2v) is 9.94. The van der Waals surface area contributed by atoms with Gasteiger partial charge in [0, 0.05) is 24.7 Å². The maximum absolute atomic E-state index is 12.6. The summed E-state index contributed by atoms with van der Waals surface area (Å²) in [7, 11) is -5.69. The topological polar surface area (TPSA) is 96.4 Å². The maximum Gasteiger partial charge on any atom is 0.534 e. The van der Waals surface area contributed by atoms with Gasteiger partial charge < -0.3 is 14.8 Å². The minimum atomic E-state index is -5.69. The van der Waals surface area contributed by atoms with Gasteiger partial charge in [-0.15, -0.1) is 0 Å². The molecule has 3 unspecified atom stereocenters. The van der Waals surface area contributed by atoms with E-state index in [1.807, 2.05) is 13.8 Å². The number of nitrogens with two attached hydrogens (primary N) is 1. The number of rotatable bonds is 6. The molecule has 180 valence electrons. The van der Waals surface area contributed by atoms with Crippen molar-refractivity contribution in [2.24, 2.45) is 17.1 Å². The molecule has 2 aliphatic rings. The molecule has 3 rings (SSSR count). The van der Waals surface area contributed by atoms with Gasteiger partial charge in [0.2, 0.25) is 0 Å². The summed E-state index contributed by atoms with van der Waals surface area (Å²) in [6, 6.07) is 6.84. The Bertz CT molecular complexity index is 931. The summed E-state index contributed by atoms with van der Waals surface area (Å²) in [6.07, 6.45) is 4.51. The zero-order chi connectivity index (χ0) is 24.2. The molecule has 1 aromatic rings. The van der Waals surface area contributed by atoms with Gasteiger partial charge in [0.25, 0.3) is 0 Å². The van der Waals surface area contributed by atoms with Crippen LogP contribution in [-0.4, -0.2) is 33.1 Å². The highest BCUT2D eigenvalue weighted by molar-refractivity contribution is 7.88. The number of benzene rings is 1. The summed E-state index contributed by atoms with van der Waals surface area (Å²) in [4.78, 5) is 2.24. The van der Waals surface area contributed by atoms with Crippen LogP contribution in [0.25, 0.3) is 0 Å². The fourth-order valence-electron chi connectivity index (χ4n) is 4.85. The number of fused-ring (bicyclic) bond motifs is 3. The van der Waals surface area contributed by atoms with E-state index in [9.17, 15) is 26.9 Å². The lowest BCUT2D eigenvalue weighted by Gasteiger charge is -2.51. The first-order chi connectivity index (χ1) is 15.0. The number of nitrogens with zero attached hydrogens (tertiary/aromatic N) is 2. The van der Waals surface area contributed by atoms with Crippen molar-refractivity contribution in [2.75, 3.05) is 18.0 Å². The highest BCUT2D eigenvalue weighted by atomic mass is 32.2. The molecular weight excluding hydrogens is 443 g/mol. The Labute approximate surface area is 188 Å². The molecule has 6 nitrogen and oxygen atoms in total. The largest absolute Gasteiger partial charge is 0.534 e. The Morgan fingerprint density at radius 2 is 2.06 bits per heavy atom. The lowest BCUT2D eigenvalue weighted by atomic mass is 9.65. The minimum absolute atomic E-state index is 0.0115. The Morgan fingerprint density at radius 3 is 2.66 bits per heavy atom. The van der Waals surface area contributed by atoms with Crippen molar-refractivity contribution < 1.29 is 25.8 Å². The van der Waals surface area contributed by atoms with Crippen LogP contribution in [0.4, 0.5) is 18.9 Å². The second kappa shape index (κ2) is 10.3. The van der Waals surface area contributed by atoms with E-state index in [1.54, 1.807) is 6.07 Å². The van der Waals surface area contributed by atoms with E-state index >= 15 is 0 Å². The first-order valence-corrected chi connectivity index (χ1v) is 12.4. The third-order valence-corrected chi connectivity index (χ3v) is 7.48. The van der Waals surface area contributed by atoms with Gasteiger partial charge in [-0.05, 0) is 73.7 Å². The van der Waals surface area contributed by atoms with Crippen molar-refractivity contribution in [3.63, 3.8) is 0 Å². The molecule has 0 saturated carbocycles. The third kappa shape index (κ3) is 5.49. The second-order valence-electron chi connectivity index (χ2n) is 8.40. The van der Waals surface area contributed by atoms with Crippen LogP contribution in [0.1, 0.15) is 58.4 Å². The van der Waals surface area contributed by atoms with Gasteiger partial charge in [0.15, 0.2) is 0 Å². The molecule has 10 heteroatoms. The van der Waals surface area contributed by atoms with Crippen molar-refractivity contribution in [1.29, 1.82) is 5.26 Å². The Hall–Kier alpha value is -1.99. The van der Waals surface area contributed by atoms with Gasteiger partial charge in [-0.2, -0.15) is 26.9 Å². The van der Waals surface area contributed by atoms with Gasteiger partial charge >= 0.3 is 15.6 Å². The highest BCUT2D eigenvalue weighted by Gasteiger charge is 2.49. The summed E-state index contributed by atoms with van der Waals surface area (Å²) in [5.41, 5.74) is 1.99. The van der Waals surface area contributed by atoms with Crippen LogP contribution >= 0.6 is 0 Å². The minimum Gasteiger partial charge on any atom is -0.376 e. The molecule has 2 heterocycles. The van der Waals surface area contributed by atoms with Crippen LogP contribution in [0.2, 0.25) is 0 Å². The lowest BCUT2D eigenvalue weighted by molar-refractivity contribution is -0.0500. The highest BCUT2D eigenvalue weighted by Crippen LogP contribution is 2.48. The number of alkyl halides is 3. The van der Waals surface area contributed by atoms with Crippen LogP contribution in [0, 0.1) is 22.7 Å². The number of hydrogen-bond acceptors (Lipinski definition) is 6. The fourth-order valence-corrected chi connectivity index (χ4v) is 5.30. The molecule has 0 amide bonds. The van der Waals surface area contributed by atoms with Gasteiger partial charge in [0.1, 0.15) is 5.75 Å². The molecule has 1 saturated heterocycles. The smallest absolute Gasteiger partial charge is 0.376 e. The zero-order valence-electron chi connectivity index (χ0n) is 18.8. The van der Waals surface area contributed by atoms with Crippen molar-refractivity contribution in [1.82, 2.24) is 0 Å². The Balaban J connectivity index is 0.00000176. The Morgan fingerprint density at radius 1 is 1.38 bits per heavy atom. The molecule has 0 aromatic heterocycles. The van der Waals surface area contributed by atoms with Crippen LogP contribution in [0.15, 0.2) is 18.2 Å². The summed E-state index contributed by atoms with van der Waals surface area (Å²) in [6.45, 7) is 7.53. The average Bonchev–Trinajstić information content (AvgIpc) is 2.73. The van der Waals surface area contributed by atoms with Gasteiger partial charge in [-0.3, -0.25) is 0 Å². The normalized spacial score (nSPS) is 23.7. The molecule has 0 bridgehead atoms. The van der Waals surface area contributed by atoms with Crippen molar-refractivity contribution >= 4 is 15.8 Å². The summed E-state index contributed by atoms with van der Waals surface area (Å²) >= 11 is 0. The first-order valence-electron chi connectivity index (χ1n) is 11.0. The molecule has 0 spiro atoms. The lowest BCUT2D eigenvalue weighted by Crippen LogP contribution is -2.51. The van der Waals surface area contributed by atoms with Gasteiger partial charge in [0.05, 0.1) is 6.07 Å².